The van der Waals surface area contributed by atoms with Crippen LogP contribution >= 0.6 is 15.9 Å². The third kappa shape index (κ3) is 2.57. The first-order valence-corrected chi connectivity index (χ1v) is 6.47. The average molecular weight is 317 g/mol. The van der Waals surface area contributed by atoms with Crippen LogP contribution in [0.3, 0.4) is 0 Å². The van der Waals surface area contributed by atoms with Crippen LogP contribution in [0.1, 0.15) is 30.4 Å². The summed E-state index contributed by atoms with van der Waals surface area (Å²) in [5.74, 6) is -1.19. The Morgan fingerprint density at radius 3 is 2.67 bits per heavy atom. The van der Waals surface area contributed by atoms with E-state index in [0.717, 1.165) is 18.4 Å². The molecule has 0 unspecified atom stereocenters. The average Bonchev–Trinajstić information content (AvgIpc) is 3.03. The summed E-state index contributed by atoms with van der Waals surface area (Å²) in [6.07, 6.45) is 1.66. The lowest BCUT2D eigenvalue weighted by Crippen LogP contribution is -2.14. The lowest BCUT2D eigenvalue weighted by atomic mass is 9.91. The topological polar surface area (TPSA) is 46.5 Å². The fourth-order valence-electron chi connectivity index (χ4n) is 2.20. The van der Waals surface area contributed by atoms with Gasteiger partial charge in [-0.15, -0.1) is 0 Å². The molecule has 1 N–H and O–H groups in total. The van der Waals surface area contributed by atoms with Crippen molar-refractivity contribution in [1.29, 1.82) is 0 Å². The Bertz CT molecular complexity index is 460. The summed E-state index contributed by atoms with van der Waals surface area (Å²) in [6, 6.07) is 3.25. The van der Waals surface area contributed by atoms with E-state index in [4.69, 9.17) is 9.84 Å². The molecule has 1 saturated carbocycles. The number of hydrogen-bond acceptors (Lipinski definition) is 2. The molecule has 3 nitrogen and oxygen atoms in total. The number of carboxylic acids is 1. The molecule has 1 aliphatic rings. The van der Waals surface area contributed by atoms with Crippen molar-refractivity contribution in [2.24, 2.45) is 0 Å². The van der Waals surface area contributed by atoms with Gasteiger partial charge in [0, 0.05) is 22.6 Å². The van der Waals surface area contributed by atoms with Crippen LogP contribution in [0, 0.1) is 5.82 Å². The zero-order chi connectivity index (χ0) is 13.3. The summed E-state index contributed by atoms with van der Waals surface area (Å²) < 4.78 is 19.5. The Hall–Kier alpha value is -0.940. The summed E-state index contributed by atoms with van der Waals surface area (Å²) in [5, 5.41) is 8.90. The standard InChI is InChI=1S/C13H14BrFO3/c1-18-7-9-10(14)4-8(5-11(9)15)13(2-3-13)6-12(16)17/h4-5H,2-3,6-7H2,1H3,(H,16,17). The van der Waals surface area contributed by atoms with Gasteiger partial charge in [0.25, 0.3) is 0 Å². The molecule has 0 aliphatic heterocycles. The minimum atomic E-state index is -0.843. The number of methoxy groups -OCH3 is 1. The maximum Gasteiger partial charge on any atom is 0.304 e. The van der Waals surface area contributed by atoms with Gasteiger partial charge in [0.1, 0.15) is 5.82 Å². The fraction of sp³-hybridized carbons (Fsp3) is 0.462. The van der Waals surface area contributed by atoms with E-state index in [1.807, 2.05) is 6.07 Å². The van der Waals surface area contributed by atoms with Crippen LogP contribution < -0.4 is 0 Å². The van der Waals surface area contributed by atoms with E-state index in [2.05, 4.69) is 15.9 Å². The van der Waals surface area contributed by atoms with E-state index in [-0.39, 0.29) is 24.3 Å². The Morgan fingerprint density at radius 1 is 1.56 bits per heavy atom. The van der Waals surface area contributed by atoms with Crippen molar-refractivity contribution in [1.82, 2.24) is 0 Å². The first-order valence-electron chi connectivity index (χ1n) is 5.68. The molecule has 0 saturated heterocycles. The summed E-state index contributed by atoms with van der Waals surface area (Å²) in [7, 11) is 1.51. The molecule has 18 heavy (non-hydrogen) atoms. The van der Waals surface area contributed by atoms with Crippen molar-refractivity contribution in [3.05, 3.63) is 33.5 Å². The molecule has 0 amide bonds. The van der Waals surface area contributed by atoms with Crippen molar-refractivity contribution in [3.63, 3.8) is 0 Å². The van der Waals surface area contributed by atoms with Gasteiger partial charge < -0.3 is 9.84 Å². The van der Waals surface area contributed by atoms with E-state index in [1.54, 1.807) is 0 Å². The molecular weight excluding hydrogens is 303 g/mol. The van der Waals surface area contributed by atoms with Crippen LogP contribution in [0.5, 0.6) is 0 Å². The van der Waals surface area contributed by atoms with Gasteiger partial charge in [-0.2, -0.15) is 0 Å². The first-order chi connectivity index (χ1) is 8.48. The molecule has 5 heteroatoms. The van der Waals surface area contributed by atoms with Crippen molar-refractivity contribution in [3.8, 4) is 0 Å². The van der Waals surface area contributed by atoms with Gasteiger partial charge in [-0.05, 0) is 30.5 Å². The largest absolute Gasteiger partial charge is 0.481 e. The first kappa shape index (κ1) is 13.5. The van der Waals surface area contributed by atoms with Crippen molar-refractivity contribution in [2.75, 3.05) is 7.11 Å². The normalized spacial score (nSPS) is 16.6. The van der Waals surface area contributed by atoms with E-state index in [0.29, 0.717) is 10.0 Å². The predicted molar refractivity (Wildman–Crippen MR) is 68.0 cm³/mol. The van der Waals surface area contributed by atoms with Crippen LogP contribution in [0.4, 0.5) is 4.39 Å². The molecule has 0 aromatic heterocycles. The summed E-state index contributed by atoms with van der Waals surface area (Å²) >= 11 is 3.32. The smallest absolute Gasteiger partial charge is 0.304 e. The van der Waals surface area contributed by atoms with E-state index < -0.39 is 5.97 Å². The summed E-state index contributed by atoms with van der Waals surface area (Å²) in [5.41, 5.74) is 0.849. The van der Waals surface area contributed by atoms with Crippen molar-refractivity contribution in [2.45, 2.75) is 31.3 Å². The lowest BCUT2D eigenvalue weighted by molar-refractivity contribution is -0.137. The second-order valence-electron chi connectivity index (χ2n) is 4.70. The van der Waals surface area contributed by atoms with Gasteiger partial charge in [0.05, 0.1) is 13.0 Å². The second kappa shape index (κ2) is 4.97. The number of benzene rings is 1. The number of halogens is 2. The number of rotatable bonds is 5. The van der Waals surface area contributed by atoms with Gasteiger partial charge in [0.15, 0.2) is 0 Å². The highest BCUT2D eigenvalue weighted by Crippen LogP contribution is 2.51. The zero-order valence-electron chi connectivity index (χ0n) is 10.0. The predicted octanol–water partition coefficient (Wildman–Crippen LogP) is 3.24. The number of ether oxygens (including phenoxy) is 1. The molecule has 1 fully saturated rings. The molecular formula is C13H14BrFO3. The molecule has 2 rings (SSSR count). The van der Waals surface area contributed by atoms with Gasteiger partial charge in [-0.1, -0.05) is 15.9 Å². The number of hydrogen-bond donors (Lipinski definition) is 1. The van der Waals surface area contributed by atoms with Crippen LogP contribution in [-0.2, 0) is 21.6 Å². The molecule has 1 aliphatic carbocycles. The second-order valence-corrected chi connectivity index (χ2v) is 5.56. The Balaban J connectivity index is 2.33. The Kier molecular flexibility index (Phi) is 3.73. The maximum absolute atomic E-state index is 13.9. The quantitative estimate of drug-likeness (QED) is 0.907. The van der Waals surface area contributed by atoms with Gasteiger partial charge in [-0.25, -0.2) is 4.39 Å². The van der Waals surface area contributed by atoms with Crippen LogP contribution in [0.2, 0.25) is 0 Å². The molecule has 0 heterocycles. The zero-order valence-corrected chi connectivity index (χ0v) is 11.6. The lowest BCUT2D eigenvalue weighted by Gasteiger charge is -2.15. The number of carboxylic acid groups (broad SMARTS) is 1. The Morgan fingerprint density at radius 2 is 2.22 bits per heavy atom. The number of aliphatic carboxylic acids is 1. The van der Waals surface area contributed by atoms with Gasteiger partial charge in [0.2, 0.25) is 0 Å². The molecule has 0 atom stereocenters. The monoisotopic (exact) mass is 316 g/mol. The molecule has 98 valence electrons. The molecule has 0 spiro atoms. The van der Waals surface area contributed by atoms with E-state index in [9.17, 15) is 9.18 Å². The molecule has 0 bridgehead atoms. The number of carbonyl (C=O) groups is 1. The third-order valence-corrected chi connectivity index (χ3v) is 4.09. The van der Waals surface area contributed by atoms with E-state index in [1.165, 1.54) is 13.2 Å². The van der Waals surface area contributed by atoms with Crippen LogP contribution in [0.25, 0.3) is 0 Å². The highest BCUT2D eigenvalue weighted by Gasteiger charge is 2.46. The van der Waals surface area contributed by atoms with Crippen LogP contribution in [0.15, 0.2) is 16.6 Å². The molecule has 0 radical (unpaired) electrons. The summed E-state index contributed by atoms with van der Waals surface area (Å²) in [4.78, 5) is 10.8. The highest BCUT2D eigenvalue weighted by molar-refractivity contribution is 9.10. The van der Waals surface area contributed by atoms with Crippen molar-refractivity contribution < 1.29 is 19.0 Å². The molecule has 1 aromatic rings. The minimum absolute atomic E-state index is 0.0580. The van der Waals surface area contributed by atoms with E-state index >= 15 is 0 Å². The minimum Gasteiger partial charge on any atom is -0.481 e. The van der Waals surface area contributed by atoms with Crippen molar-refractivity contribution >= 4 is 21.9 Å². The summed E-state index contributed by atoms with van der Waals surface area (Å²) in [6.45, 7) is 0.193. The maximum atomic E-state index is 13.9. The van der Waals surface area contributed by atoms with Gasteiger partial charge >= 0.3 is 5.97 Å². The SMILES string of the molecule is COCc1c(F)cc(C2(CC(=O)O)CC2)cc1Br. The van der Waals surface area contributed by atoms with Crippen LogP contribution in [-0.4, -0.2) is 18.2 Å². The van der Waals surface area contributed by atoms with Gasteiger partial charge in [-0.3, -0.25) is 4.79 Å². The highest BCUT2D eigenvalue weighted by atomic mass is 79.9. The third-order valence-electron chi connectivity index (χ3n) is 3.39. The molecule has 1 aromatic carbocycles. The fourth-order valence-corrected chi connectivity index (χ4v) is 2.75. The Labute approximate surface area is 113 Å².